The van der Waals surface area contributed by atoms with Crippen molar-refractivity contribution in [1.82, 2.24) is 4.98 Å². The van der Waals surface area contributed by atoms with Gasteiger partial charge in [0, 0.05) is 19.0 Å². The first-order valence-corrected chi connectivity index (χ1v) is 4.36. The third kappa shape index (κ3) is 1.90. The molecule has 0 aliphatic heterocycles. The molecular weight excluding hydrogens is 182 g/mol. The Morgan fingerprint density at radius 2 is 2.07 bits per heavy atom. The van der Waals surface area contributed by atoms with Crippen LogP contribution >= 0.6 is 0 Å². The zero-order valence-electron chi connectivity index (χ0n) is 7.97. The molecule has 1 heterocycles. The minimum Gasteiger partial charge on any atom is -0.481 e. The van der Waals surface area contributed by atoms with Crippen LogP contribution in [0.2, 0.25) is 0 Å². The van der Waals surface area contributed by atoms with Crippen LogP contribution in [0.3, 0.4) is 0 Å². The molecule has 1 unspecified atom stereocenters. The van der Waals surface area contributed by atoms with Gasteiger partial charge in [-0.25, -0.2) is 0 Å². The van der Waals surface area contributed by atoms with E-state index in [2.05, 4.69) is 4.98 Å². The van der Waals surface area contributed by atoms with E-state index in [-0.39, 0.29) is 13.0 Å². The van der Waals surface area contributed by atoms with E-state index in [9.17, 15) is 4.79 Å². The predicted molar refractivity (Wildman–Crippen MR) is 50.9 cm³/mol. The van der Waals surface area contributed by atoms with Crippen molar-refractivity contribution in [3.63, 3.8) is 0 Å². The first kappa shape index (κ1) is 10.7. The van der Waals surface area contributed by atoms with E-state index in [1.54, 1.807) is 31.5 Å². The molecular formula is C10H13NO3. The fraction of sp³-hybridized carbons (Fsp3) is 0.400. The molecule has 0 bridgehead atoms. The van der Waals surface area contributed by atoms with Gasteiger partial charge >= 0.3 is 5.97 Å². The van der Waals surface area contributed by atoms with Crippen molar-refractivity contribution >= 4 is 5.97 Å². The van der Waals surface area contributed by atoms with Crippen LogP contribution in [0.1, 0.15) is 18.9 Å². The normalized spacial score (nSPS) is 14.7. The summed E-state index contributed by atoms with van der Waals surface area (Å²) >= 11 is 0. The molecule has 14 heavy (non-hydrogen) atoms. The Balaban J connectivity index is 3.06. The zero-order valence-corrected chi connectivity index (χ0v) is 7.97. The van der Waals surface area contributed by atoms with Crippen LogP contribution in [0.25, 0.3) is 0 Å². The van der Waals surface area contributed by atoms with Crippen molar-refractivity contribution in [3.8, 4) is 0 Å². The van der Waals surface area contributed by atoms with E-state index in [1.165, 1.54) is 0 Å². The number of carbonyl (C=O) groups is 1. The standard InChI is InChI=1S/C10H13NO3/c1-10(4-7-12,9(13)14)8-2-5-11-6-3-8/h2-3,5-6,12H,4,7H2,1H3,(H,13,14). The number of aromatic nitrogens is 1. The lowest BCUT2D eigenvalue weighted by Crippen LogP contribution is -2.33. The lowest BCUT2D eigenvalue weighted by Gasteiger charge is -2.23. The third-order valence-electron chi connectivity index (χ3n) is 2.40. The highest BCUT2D eigenvalue weighted by molar-refractivity contribution is 5.80. The van der Waals surface area contributed by atoms with Crippen molar-refractivity contribution in [1.29, 1.82) is 0 Å². The smallest absolute Gasteiger partial charge is 0.313 e. The van der Waals surface area contributed by atoms with Gasteiger partial charge in [-0.05, 0) is 31.0 Å². The Hall–Kier alpha value is -1.42. The van der Waals surface area contributed by atoms with Crippen molar-refractivity contribution in [2.45, 2.75) is 18.8 Å². The number of aliphatic hydroxyl groups is 1. The Bertz CT molecular complexity index is 312. The van der Waals surface area contributed by atoms with Crippen molar-refractivity contribution in [2.75, 3.05) is 6.61 Å². The van der Waals surface area contributed by atoms with Gasteiger partial charge in [0.2, 0.25) is 0 Å². The lowest BCUT2D eigenvalue weighted by atomic mass is 9.80. The predicted octanol–water partition coefficient (Wildman–Crippen LogP) is 0.806. The molecule has 0 fully saturated rings. The second kappa shape index (κ2) is 4.19. The van der Waals surface area contributed by atoms with Gasteiger partial charge in [0.25, 0.3) is 0 Å². The molecule has 2 N–H and O–H groups in total. The number of pyridine rings is 1. The molecule has 0 aliphatic carbocycles. The van der Waals surface area contributed by atoms with Crippen LogP contribution in [-0.4, -0.2) is 27.8 Å². The molecule has 4 nitrogen and oxygen atoms in total. The topological polar surface area (TPSA) is 70.4 Å². The number of hydrogen-bond acceptors (Lipinski definition) is 3. The number of nitrogens with zero attached hydrogens (tertiary/aromatic N) is 1. The van der Waals surface area contributed by atoms with Gasteiger partial charge in [0.15, 0.2) is 0 Å². The van der Waals surface area contributed by atoms with Crippen LogP contribution in [0.5, 0.6) is 0 Å². The summed E-state index contributed by atoms with van der Waals surface area (Å²) in [6.45, 7) is 1.45. The van der Waals surface area contributed by atoms with E-state index in [4.69, 9.17) is 10.2 Å². The molecule has 1 atom stereocenters. The molecule has 1 aromatic rings. The maximum Gasteiger partial charge on any atom is 0.313 e. The molecule has 0 amide bonds. The van der Waals surface area contributed by atoms with Crippen LogP contribution in [0.15, 0.2) is 24.5 Å². The van der Waals surface area contributed by atoms with Crippen LogP contribution in [0.4, 0.5) is 0 Å². The Labute approximate surface area is 82.2 Å². The van der Waals surface area contributed by atoms with Gasteiger partial charge < -0.3 is 10.2 Å². The summed E-state index contributed by atoms with van der Waals surface area (Å²) in [5, 5.41) is 17.9. The largest absolute Gasteiger partial charge is 0.481 e. The number of carboxylic acid groups (broad SMARTS) is 1. The number of rotatable bonds is 4. The highest BCUT2D eigenvalue weighted by Crippen LogP contribution is 2.26. The second-order valence-corrected chi connectivity index (χ2v) is 3.35. The Kier molecular flexibility index (Phi) is 3.19. The van der Waals surface area contributed by atoms with Gasteiger partial charge in [0.1, 0.15) is 0 Å². The average molecular weight is 195 g/mol. The maximum absolute atomic E-state index is 11.1. The molecule has 0 aliphatic rings. The van der Waals surface area contributed by atoms with Crippen molar-refractivity contribution in [3.05, 3.63) is 30.1 Å². The fourth-order valence-corrected chi connectivity index (χ4v) is 1.32. The van der Waals surface area contributed by atoms with Gasteiger partial charge in [-0.15, -0.1) is 0 Å². The summed E-state index contributed by atoms with van der Waals surface area (Å²) < 4.78 is 0. The zero-order chi connectivity index (χ0) is 10.6. The minimum absolute atomic E-state index is 0.148. The van der Waals surface area contributed by atoms with Gasteiger partial charge in [-0.3, -0.25) is 9.78 Å². The van der Waals surface area contributed by atoms with E-state index in [1.807, 2.05) is 0 Å². The molecule has 4 heteroatoms. The first-order chi connectivity index (χ1) is 6.61. The molecule has 0 aromatic carbocycles. The molecule has 1 aromatic heterocycles. The van der Waals surface area contributed by atoms with E-state index in [0.717, 1.165) is 0 Å². The number of hydrogen-bond donors (Lipinski definition) is 2. The molecule has 1 rings (SSSR count). The number of carboxylic acids is 1. The van der Waals surface area contributed by atoms with Crippen molar-refractivity contribution < 1.29 is 15.0 Å². The summed E-state index contributed by atoms with van der Waals surface area (Å²) in [5.41, 5.74) is -0.369. The number of aliphatic carboxylic acids is 1. The highest BCUT2D eigenvalue weighted by Gasteiger charge is 2.34. The SMILES string of the molecule is CC(CCO)(C(=O)O)c1ccncc1. The van der Waals surface area contributed by atoms with Gasteiger partial charge in [-0.1, -0.05) is 0 Å². The summed E-state index contributed by atoms with van der Waals surface area (Å²) in [4.78, 5) is 14.9. The van der Waals surface area contributed by atoms with Gasteiger partial charge in [0.05, 0.1) is 5.41 Å². The molecule has 0 radical (unpaired) electrons. The average Bonchev–Trinajstić information content (AvgIpc) is 2.19. The molecule has 0 saturated heterocycles. The second-order valence-electron chi connectivity index (χ2n) is 3.35. The first-order valence-electron chi connectivity index (χ1n) is 4.36. The van der Waals surface area contributed by atoms with Crippen LogP contribution in [0, 0.1) is 0 Å². The quantitative estimate of drug-likeness (QED) is 0.745. The fourth-order valence-electron chi connectivity index (χ4n) is 1.32. The summed E-state index contributed by atoms with van der Waals surface area (Å²) in [6.07, 6.45) is 3.30. The minimum atomic E-state index is -1.03. The molecule has 0 spiro atoms. The van der Waals surface area contributed by atoms with E-state index in [0.29, 0.717) is 5.56 Å². The van der Waals surface area contributed by atoms with Gasteiger partial charge in [-0.2, -0.15) is 0 Å². The van der Waals surface area contributed by atoms with Crippen LogP contribution in [-0.2, 0) is 10.2 Å². The maximum atomic E-state index is 11.1. The molecule has 76 valence electrons. The lowest BCUT2D eigenvalue weighted by molar-refractivity contribution is -0.143. The highest BCUT2D eigenvalue weighted by atomic mass is 16.4. The van der Waals surface area contributed by atoms with E-state index < -0.39 is 11.4 Å². The van der Waals surface area contributed by atoms with E-state index >= 15 is 0 Å². The van der Waals surface area contributed by atoms with Crippen LogP contribution < -0.4 is 0 Å². The third-order valence-corrected chi connectivity index (χ3v) is 2.40. The molecule has 0 saturated carbocycles. The monoisotopic (exact) mass is 195 g/mol. The summed E-state index contributed by atoms with van der Waals surface area (Å²) in [7, 11) is 0. The number of aliphatic hydroxyl groups excluding tert-OH is 1. The Morgan fingerprint density at radius 1 is 1.50 bits per heavy atom. The summed E-state index contributed by atoms with van der Waals surface area (Å²) in [5.74, 6) is -0.933. The van der Waals surface area contributed by atoms with Crippen molar-refractivity contribution in [2.24, 2.45) is 0 Å². The summed E-state index contributed by atoms with van der Waals surface area (Å²) in [6, 6.07) is 3.31. The Morgan fingerprint density at radius 3 is 2.50 bits per heavy atom.